The summed E-state index contributed by atoms with van der Waals surface area (Å²) >= 11 is 3.62. The maximum Gasteiger partial charge on any atom is 0.170 e. The van der Waals surface area contributed by atoms with E-state index < -0.39 is 0 Å². The van der Waals surface area contributed by atoms with Gasteiger partial charge in [0, 0.05) is 6.61 Å². The highest BCUT2D eigenvalue weighted by Crippen LogP contribution is 2.24. The van der Waals surface area contributed by atoms with Gasteiger partial charge in [0.15, 0.2) is 6.29 Å². The topological polar surface area (TPSA) is 18.5 Å². The zero-order chi connectivity index (χ0) is 12.5. The first-order valence-electron chi connectivity index (χ1n) is 6.81. The Kier molecular flexibility index (Phi) is 8.15. The zero-order valence-electron chi connectivity index (χ0n) is 10.9. The second kappa shape index (κ2) is 9.12. The molecule has 17 heavy (non-hydrogen) atoms. The smallest absolute Gasteiger partial charge is 0.170 e. The molecule has 0 N–H and O–H groups in total. The Hall–Kier alpha value is 0.140. The van der Waals surface area contributed by atoms with E-state index in [4.69, 9.17) is 9.47 Å². The lowest BCUT2D eigenvalue weighted by Crippen LogP contribution is -2.35. The maximum absolute atomic E-state index is 5.95. The molecule has 0 amide bonds. The SMILES string of the molecule is C=CC(CCCCCC)O[C@@H]1OCCC[C@H]1Br. The number of unbranched alkanes of at least 4 members (excludes halogenated alkanes) is 3. The van der Waals surface area contributed by atoms with Gasteiger partial charge < -0.3 is 9.47 Å². The summed E-state index contributed by atoms with van der Waals surface area (Å²) in [7, 11) is 0. The molecule has 0 aromatic rings. The normalized spacial score (nSPS) is 26.7. The van der Waals surface area contributed by atoms with Crippen LogP contribution in [-0.2, 0) is 9.47 Å². The summed E-state index contributed by atoms with van der Waals surface area (Å²) in [5, 5.41) is 0. The van der Waals surface area contributed by atoms with Crippen molar-refractivity contribution in [3.05, 3.63) is 12.7 Å². The van der Waals surface area contributed by atoms with Crippen LogP contribution in [-0.4, -0.2) is 23.8 Å². The minimum atomic E-state index is -0.0991. The van der Waals surface area contributed by atoms with Crippen LogP contribution < -0.4 is 0 Å². The fourth-order valence-electron chi connectivity index (χ4n) is 2.03. The van der Waals surface area contributed by atoms with Crippen LogP contribution in [0.25, 0.3) is 0 Å². The molecule has 3 atom stereocenters. The third kappa shape index (κ3) is 6.03. The van der Waals surface area contributed by atoms with Crippen LogP contribution in [0.3, 0.4) is 0 Å². The molecule has 1 saturated heterocycles. The number of hydrogen-bond acceptors (Lipinski definition) is 2. The number of alkyl halides is 1. The molecular formula is C14H25BrO2. The molecule has 0 aromatic heterocycles. The van der Waals surface area contributed by atoms with Crippen molar-refractivity contribution in [1.29, 1.82) is 0 Å². The summed E-state index contributed by atoms with van der Waals surface area (Å²) in [4.78, 5) is 0.328. The molecule has 0 spiro atoms. The molecule has 1 fully saturated rings. The summed E-state index contributed by atoms with van der Waals surface area (Å²) in [5.74, 6) is 0. The largest absolute Gasteiger partial charge is 0.351 e. The Morgan fingerprint density at radius 2 is 2.29 bits per heavy atom. The fourth-order valence-corrected chi connectivity index (χ4v) is 2.63. The van der Waals surface area contributed by atoms with Gasteiger partial charge in [0.05, 0.1) is 10.9 Å². The van der Waals surface area contributed by atoms with Crippen LogP contribution in [0.4, 0.5) is 0 Å². The van der Waals surface area contributed by atoms with Crippen molar-refractivity contribution >= 4 is 15.9 Å². The molecule has 0 bridgehead atoms. The number of ether oxygens (including phenoxy) is 2. The second-order valence-electron chi connectivity index (χ2n) is 4.66. The molecule has 0 aliphatic carbocycles. The molecule has 1 rings (SSSR count). The van der Waals surface area contributed by atoms with E-state index in [0.717, 1.165) is 25.9 Å². The van der Waals surface area contributed by atoms with Crippen molar-refractivity contribution in [3.63, 3.8) is 0 Å². The van der Waals surface area contributed by atoms with Crippen molar-refractivity contribution in [2.24, 2.45) is 0 Å². The summed E-state index contributed by atoms with van der Waals surface area (Å²) in [6, 6.07) is 0. The lowest BCUT2D eigenvalue weighted by molar-refractivity contribution is -0.174. The molecule has 1 unspecified atom stereocenters. The average molecular weight is 305 g/mol. The summed E-state index contributed by atoms with van der Waals surface area (Å²) in [6.45, 7) is 6.90. The van der Waals surface area contributed by atoms with Crippen LogP contribution in [0, 0.1) is 0 Å². The van der Waals surface area contributed by atoms with Crippen LogP contribution >= 0.6 is 15.9 Å². The lowest BCUT2D eigenvalue weighted by atomic mass is 10.1. The molecule has 1 aliphatic heterocycles. The summed E-state index contributed by atoms with van der Waals surface area (Å²) in [6.07, 6.45) is 10.3. The van der Waals surface area contributed by atoms with E-state index in [1.165, 1.54) is 25.7 Å². The third-order valence-electron chi connectivity index (χ3n) is 3.12. The lowest BCUT2D eigenvalue weighted by Gasteiger charge is -2.30. The predicted molar refractivity (Wildman–Crippen MR) is 75.5 cm³/mol. The first-order valence-corrected chi connectivity index (χ1v) is 7.73. The summed E-state index contributed by atoms with van der Waals surface area (Å²) < 4.78 is 11.6. The predicted octanol–water partition coefficient (Wildman–Crippen LogP) is 4.43. The van der Waals surface area contributed by atoms with E-state index in [9.17, 15) is 0 Å². The maximum atomic E-state index is 5.95. The van der Waals surface area contributed by atoms with Gasteiger partial charge in [-0.2, -0.15) is 0 Å². The number of halogens is 1. The van der Waals surface area contributed by atoms with Gasteiger partial charge in [0.25, 0.3) is 0 Å². The Bertz CT molecular complexity index is 208. The Morgan fingerprint density at radius 1 is 1.47 bits per heavy atom. The molecule has 0 aromatic carbocycles. The third-order valence-corrected chi connectivity index (χ3v) is 4.01. The van der Waals surface area contributed by atoms with Gasteiger partial charge in [-0.05, 0) is 19.3 Å². The van der Waals surface area contributed by atoms with Crippen LogP contribution in [0.2, 0.25) is 0 Å². The molecule has 1 heterocycles. The van der Waals surface area contributed by atoms with Crippen molar-refractivity contribution in [2.75, 3.05) is 6.61 Å². The highest BCUT2D eigenvalue weighted by atomic mass is 79.9. The molecule has 1 aliphatic rings. The molecular weight excluding hydrogens is 280 g/mol. The first-order chi connectivity index (χ1) is 8.27. The molecule has 100 valence electrons. The zero-order valence-corrected chi connectivity index (χ0v) is 12.5. The second-order valence-corrected chi connectivity index (χ2v) is 5.83. The number of hydrogen-bond donors (Lipinski definition) is 0. The van der Waals surface area contributed by atoms with Crippen molar-refractivity contribution in [1.82, 2.24) is 0 Å². The van der Waals surface area contributed by atoms with Crippen molar-refractivity contribution in [2.45, 2.75) is 69.1 Å². The summed E-state index contributed by atoms with van der Waals surface area (Å²) in [5.41, 5.74) is 0. The fraction of sp³-hybridized carbons (Fsp3) is 0.857. The van der Waals surface area contributed by atoms with Crippen LogP contribution in [0.1, 0.15) is 51.9 Å². The average Bonchev–Trinajstić information content (AvgIpc) is 2.35. The van der Waals surface area contributed by atoms with Gasteiger partial charge in [-0.15, -0.1) is 6.58 Å². The van der Waals surface area contributed by atoms with E-state index in [1.807, 2.05) is 6.08 Å². The molecule has 2 nitrogen and oxygen atoms in total. The Balaban J connectivity index is 2.22. The van der Waals surface area contributed by atoms with Gasteiger partial charge in [0.1, 0.15) is 0 Å². The van der Waals surface area contributed by atoms with E-state index in [0.29, 0.717) is 4.83 Å². The van der Waals surface area contributed by atoms with Gasteiger partial charge in [-0.1, -0.05) is 54.6 Å². The van der Waals surface area contributed by atoms with Crippen molar-refractivity contribution in [3.8, 4) is 0 Å². The van der Waals surface area contributed by atoms with E-state index in [2.05, 4.69) is 29.4 Å². The first kappa shape index (κ1) is 15.2. The quantitative estimate of drug-likeness (QED) is 0.375. The molecule has 3 heteroatoms. The van der Waals surface area contributed by atoms with Gasteiger partial charge in [0.2, 0.25) is 0 Å². The molecule has 0 saturated carbocycles. The highest BCUT2D eigenvalue weighted by Gasteiger charge is 2.26. The van der Waals surface area contributed by atoms with E-state index in [1.54, 1.807) is 0 Å². The van der Waals surface area contributed by atoms with Crippen LogP contribution in [0.5, 0.6) is 0 Å². The van der Waals surface area contributed by atoms with Gasteiger partial charge in [-0.25, -0.2) is 0 Å². The Morgan fingerprint density at radius 3 is 2.94 bits per heavy atom. The van der Waals surface area contributed by atoms with Gasteiger partial charge in [-0.3, -0.25) is 0 Å². The minimum absolute atomic E-state index is 0.0991. The molecule has 0 radical (unpaired) electrons. The Labute approximate surface area is 114 Å². The van der Waals surface area contributed by atoms with Gasteiger partial charge >= 0.3 is 0 Å². The van der Waals surface area contributed by atoms with Crippen LogP contribution in [0.15, 0.2) is 12.7 Å². The monoisotopic (exact) mass is 304 g/mol. The van der Waals surface area contributed by atoms with E-state index >= 15 is 0 Å². The highest BCUT2D eigenvalue weighted by molar-refractivity contribution is 9.09. The number of rotatable bonds is 8. The standard InChI is InChI=1S/C14H25BrO2/c1-3-5-6-7-9-12(4-2)17-14-13(15)10-8-11-16-14/h4,12-14H,2-3,5-11H2,1H3/t12?,13-,14+/m1/s1. The van der Waals surface area contributed by atoms with Crippen molar-refractivity contribution < 1.29 is 9.47 Å². The van der Waals surface area contributed by atoms with E-state index in [-0.39, 0.29) is 12.4 Å². The minimum Gasteiger partial charge on any atom is -0.351 e.